The molecule has 1 heterocycles. The second kappa shape index (κ2) is 7.09. The molecule has 0 aliphatic heterocycles. The molecule has 0 aromatic carbocycles. The van der Waals surface area contributed by atoms with E-state index in [1.807, 2.05) is 0 Å². The molecule has 0 amide bonds. The van der Waals surface area contributed by atoms with Crippen LogP contribution >= 0.6 is 0 Å². The largest absolute Gasteiger partial charge is 0.465 e. The average Bonchev–Trinajstić information content (AvgIpc) is 2.58. The number of ether oxygens (including phenoxy) is 1. The molecule has 27 heavy (non-hydrogen) atoms. The molecule has 4 atom stereocenters. The summed E-state index contributed by atoms with van der Waals surface area (Å²) in [6.45, 7) is 9.88. The molecule has 7 nitrogen and oxygen atoms in total. The summed E-state index contributed by atoms with van der Waals surface area (Å²) in [5, 5.41) is 7.49. The van der Waals surface area contributed by atoms with E-state index >= 15 is 0 Å². The molecule has 0 saturated heterocycles. The van der Waals surface area contributed by atoms with Crippen molar-refractivity contribution in [3.8, 4) is 0 Å². The van der Waals surface area contributed by atoms with Crippen LogP contribution in [0.4, 0.5) is 5.69 Å². The fourth-order valence-corrected chi connectivity index (χ4v) is 4.92. The molecular formula is C20H29N3O4. The molecule has 3 fully saturated rings. The molecule has 0 spiro atoms. The Labute approximate surface area is 159 Å². The van der Waals surface area contributed by atoms with Crippen molar-refractivity contribution in [2.24, 2.45) is 23.2 Å². The standard InChI is InChI=1S/C20H29N3O4/c1-6-27-17(25)10-23-19(26)18(12(3)24)16(9-21-23)22-15-8-13-7-14(11(15)2)20(13,4)5/h9,11,13-15,22H,6-8,10H2,1-5H3/t11-,13+,14-,15-/m1/s1. The lowest BCUT2D eigenvalue weighted by molar-refractivity contribution is -0.144. The van der Waals surface area contributed by atoms with Crippen LogP contribution in [0.2, 0.25) is 0 Å². The van der Waals surface area contributed by atoms with E-state index in [4.69, 9.17) is 4.74 Å². The van der Waals surface area contributed by atoms with Gasteiger partial charge in [0.1, 0.15) is 12.1 Å². The lowest BCUT2D eigenvalue weighted by Crippen LogP contribution is -2.58. The van der Waals surface area contributed by atoms with Crippen LogP contribution in [0.15, 0.2) is 11.0 Å². The Bertz CT molecular complexity index is 814. The molecule has 7 heteroatoms. The van der Waals surface area contributed by atoms with E-state index in [-0.39, 0.29) is 30.5 Å². The van der Waals surface area contributed by atoms with Crippen molar-refractivity contribution in [2.45, 2.75) is 60.0 Å². The first-order chi connectivity index (χ1) is 12.7. The third kappa shape index (κ3) is 3.39. The van der Waals surface area contributed by atoms with Crippen molar-refractivity contribution in [3.05, 3.63) is 22.1 Å². The highest BCUT2D eigenvalue weighted by Gasteiger charge is 2.56. The van der Waals surface area contributed by atoms with Gasteiger partial charge in [0.15, 0.2) is 5.78 Å². The number of fused-ring (bicyclic) bond motifs is 2. The molecule has 3 aliphatic rings. The summed E-state index contributed by atoms with van der Waals surface area (Å²) >= 11 is 0. The second-order valence-corrected chi connectivity index (χ2v) is 8.46. The van der Waals surface area contributed by atoms with Gasteiger partial charge in [-0.25, -0.2) is 4.68 Å². The fourth-order valence-electron chi connectivity index (χ4n) is 4.92. The Morgan fingerprint density at radius 1 is 1.37 bits per heavy atom. The lowest BCUT2D eigenvalue weighted by Gasteiger charge is -2.62. The van der Waals surface area contributed by atoms with E-state index in [9.17, 15) is 14.4 Å². The van der Waals surface area contributed by atoms with E-state index in [0.29, 0.717) is 28.9 Å². The summed E-state index contributed by atoms with van der Waals surface area (Å²) < 4.78 is 5.85. The van der Waals surface area contributed by atoms with Gasteiger partial charge in [0.25, 0.3) is 5.56 Å². The zero-order valence-electron chi connectivity index (χ0n) is 16.7. The topological polar surface area (TPSA) is 90.3 Å². The van der Waals surface area contributed by atoms with Gasteiger partial charge >= 0.3 is 5.97 Å². The summed E-state index contributed by atoms with van der Waals surface area (Å²) in [5.74, 6) is 0.870. The highest BCUT2D eigenvalue weighted by Crippen LogP contribution is 2.61. The predicted molar refractivity (Wildman–Crippen MR) is 102 cm³/mol. The number of nitrogens with zero attached hydrogens (tertiary/aromatic N) is 2. The molecular weight excluding hydrogens is 346 g/mol. The second-order valence-electron chi connectivity index (χ2n) is 8.46. The predicted octanol–water partition coefficient (Wildman–Crippen LogP) is 2.49. The van der Waals surface area contributed by atoms with E-state index in [1.54, 1.807) is 6.92 Å². The minimum absolute atomic E-state index is 0.0556. The van der Waals surface area contributed by atoms with Gasteiger partial charge in [0.2, 0.25) is 0 Å². The van der Waals surface area contributed by atoms with E-state index in [1.165, 1.54) is 19.5 Å². The van der Waals surface area contributed by atoms with Gasteiger partial charge < -0.3 is 10.1 Å². The van der Waals surface area contributed by atoms with Crippen molar-refractivity contribution in [3.63, 3.8) is 0 Å². The fraction of sp³-hybridized carbons (Fsp3) is 0.700. The van der Waals surface area contributed by atoms with Gasteiger partial charge in [-0.2, -0.15) is 5.10 Å². The highest BCUT2D eigenvalue weighted by molar-refractivity contribution is 5.99. The number of carbonyl (C=O) groups excluding carboxylic acids is 2. The van der Waals surface area contributed by atoms with Gasteiger partial charge in [0.05, 0.1) is 18.5 Å². The minimum Gasteiger partial charge on any atom is -0.465 e. The number of nitrogens with one attached hydrogen (secondary N) is 1. The Hall–Kier alpha value is -2.18. The number of esters is 1. The minimum atomic E-state index is -0.561. The maximum absolute atomic E-state index is 12.7. The normalized spacial score (nSPS) is 28.2. The van der Waals surface area contributed by atoms with Crippen molar-refractivity contribution in [1.29, 1.82) is 0 Å². The Kier molecular flexibility index (Phi) is 5.14. The lowest BCUT2D eigenvalue weighted by atomic mass is 9.45. The first-order valence-electron chi connectivity index (χ1n) is 9.70. The van der Waals surface area contributed by atoms with E-state index < -0.39 is 11.5 Å². The molecule has 148 valence electrons. The van der Waals surface area contributed by atoms with Crippen LogP contribution in [0, 0.1) is 23.2 Å². The highest BCUT2D eigenvalue weighted by atomic mass is 16.5. The molecule has 3 saturated carbocycles. The zero-order valence-corrected chi connectivity index (χ0v) is 16.7. The Morgan fingerprint density at radius 2 is 2.07 bits per heavy atom. The van der Waals surface area contributed by atoms with Gasteiger partial charge in [-0.1, -0.05) is 20.8 Å². The van der Waals surface area contributed by atoms with Crippen LogP contribution in [-0.2, 0) is 16.1 Å². The van der Waals surface area contributed by atoms with E-state index in [0.717, 1.165) is 11.1 Å². The number of carbonyl (C=O) groups is 2. The smallest absolute Gasteiger partial charge is 0.327 e. The van der Waals surface area contributed by atoms with Gasteiger partial charge in [-0.3, -0.25) is 14.4 Å². The third-order valence-corrected chi connectivity index (χ3v) is 6.68. The molecule has 0 unspecified atom stereocenters. The van der Waals surface area contributed by atoms with Crippen LogP contribution in [0.1, 0.15) is 57.8 Å². The van der Waals surface area contributed by atoms with Gasteiger partial charge in [-0.05, 0) is 49.9 Å². The Morgan fingerprint density at radius 3 is 2.63 bits per heavy atom. The monoisotopic (exact) mass is 375 g/mol. The molecule has 0 radical (unpaired) electrons. The molecule has 3 aliphatic carbocycles. The average molecular weight is 375 g/mol. The van der Waals surface area contributed by atoms with Crippen LogP contribution in [0.5, 0.6) is 0 Å². The number of rotatable bonds is 6. The van der Waals surface area contributed by atoms with Crippen molar-refractivity contribution < 1.29 is 14.3 Å². The van der Waals surface area contributed by atoms with Crippen LogP contribution in [0.3, 0.4) is 0 Å². The number of aromatic nitrogens is 2. The molecule has 1 N–H and O–H groups in total. The molecule has 4 rings (SSSR count). The number of hydrogen-bond acceptors (Lipinski definition) is 6. The Balaban J connectivity index is 1.84. The van der Waals surface area contributed by atoms with Gasteiger partial charge in [0, 0.05) is 6.04 Å². The maximum Gasteiger partial charge on any atom is 0.327 e. The van der Waals surface area contributed by atoms with Crippen molar-refractivity contribution in [1.82, 2.24) is 9.78 Å². The van der Waals surface area contributed by atoms with Crippen LogP contribution < -0.4 is 10.9 Å². The third-order valence-electron chi connectivity index (χ3n) is 6.68. The number of anilines is 1. The number of Topliss-reactive ketones (excluding diaryl/α,β-unsaturated/α-hetero) is 1. The number of hydrogen-bond donors (Lipinski definition) is 1. The van der Waals surface area contributed by atoms with Gasteiger partial charge in [-0.15, -0.1) is 0 Å². The molecule has 1 aromatic heterocycles. The van der Waals surface area contributed by atoms with Crippen molar-refractivity contribution >= 4 is 17.4 Å². The maximum atomic E-state index is 12.7. The summed E-state index contributed by atoms with van der Waals surface area (Å²) in [6.07, 6.45) is 3.76. The van der Waals surface area contributed by atoms with E-state index in [2.05, 4.69) is 31.2 Å². The molecule has 1 aromatic rings. The summed E-state index contributed by atoms with van der Waals surface area (Å²) in [5.41, 5.74) is 0.320. The number of ketones is 1. The first-order valence-corrected chi connectivity index (χ1v) is 9.70. The summed E-state index contributed by atoms with van der Waals surface area (Å²) in [6, 6.07) is 0.210. The summed E-state index contributed by atoms with van der Waals surface area (Å²) in [7, 11) is 0. The van der Waals surface area contributed by atoms with Crippen LogP contribution in [-0.4, -0.2) is 34.2 Å². The van der Waals surface area contributed by atoms with Crippen molar-refractivity contribution in [2.75, 3.05) is 11.9 Å². The molecule has 2 bridgehead atoms. The SMILES string of the molecule is CCOC(=O)Cn1ncc(N[C@@H]2C[C@@H]3C[C@H]([C@H]2C)C3(C)C)c(C(C)=O)c1=O. The quantitative estimate of drug-likeness (QED) is 0.607. The first kappa shape index (κ1) is 19.6. The summed E-state index contributed by atoms with van der Waals surface area (Å²) in [4.78, 5) is 36.5. The zero-order chi connectivity index (χ0) is 19.9. The van der Waals surface area contributed by atoms with Crippen LogP contribution in [0.25, 0.3) is 0 Å².